The lowest BCUT2D eigenvalue weighted by molar-refractivity contribution is -0.135. The topological polar surface area (TPSA) is 117 Å². The predicted octanol–water partition coefficient (Wildman–Crippen LogP) is 1.85. The van der Waals surface area contributed by atoms with Gasteiger partial charge in [0.15, 0.2) is 9.84 Å². The summed E-state index contributed by atoms with van der Waals surface area (Å²) < 4.78 is 39.0. The van der Waals surface area contributed by atoms with Gasteiger partial charge >= 0.3 is 0 Å². The summed E-state index contributed by atoms with van der Waals surface area (Å²) >= 11 is 0. The minimum absolute atomic E-state index is 0.0643. The Morgan fingerprint density at radius 3 is 2.42 bits per heavy atom. The van der Waals surface area contributed by atoms with Crippen LogP contribution in [0, 0.1) is 5.95 Å². The van der Waals surface area contributed by atoms with E-state index in [1.165, 1.54) is 48.4 Å². The van der Waals surface area contributed by atoms with Gasteiger partial charge in [-0.2, -0.15) is 4.39 Å². The van der Waals surface area contributed by atoms with Crippen LogP contribution in [0.3, 0.4) is 0 Å². The first-order valence-electron chi connectivity index (χ1n) is 9.82. The highest BCUT2D eigenvalue weighted by Crippen LogP contribution is 2.33. The Hall–Kier alpha value is -2.85. The van der Waals surface area contributed by atoms with Crippen molar-refractivity contribution < 1.29 is 27.5 Å². The van der Waals surface area contributed by atoms with E-state index in [-0.39, 0.29) is 60.4 Å². The van der Waals surface area contributed by atoms with Crippen LogP contribution in [0.15, 0.2) is 47.5 Å². The Kier molecular flexibility index (Phi) is 6.71. The van der Waals surface area contributed by atoms with Crippen molar-refractivity contribution in [2.75, 3.05) is 24.2 Å². The van der Waals surface area contributed by atoms with Crippen LogP contribution in [0.4, 0.5) is 10.1 Å². The summed E-state index contributed by atoms with van der Waals surface area (Å²) in [5.74, 6) is -1.70. The van der Waals surface area contributed by atoms with Crippen LogP contribution >= 0.6 is 0 Å². The van der Waals surface area contributed by atoms with E-state index >= 15 is 0 Å². The molecule has 31 heavy (non-hydrogen) atoms. The van der Waals surface area contributed by atoms with Crippen LogP contribution in [-0.4, -0.2) is 54.1 Å². The van der Waals surface area contributed by atoms with Crippen molar-refractivity contribution in [3.8, 4) is 0 Å². The molecule has 1 aliphatic rings. The third kappa shape index (κ3) is 5.45. The zero-order chi connectivity index (χ0) is 22.6. The number of rotatable bonds is 6. The number of hydrogen-bond acceptors (Lipinski definition) is 6. The number of carbonyl (C=O) groups is 2. The number of nitrogens with zero attached hydrogens (tertiary/aromatic N) is 2. The van der Waals surface area contributed by atoms with E-state index in [1.807, 2.05) is 0 Å². The number of sulfone groups is 1. The molecule has 166 valence electrons. The van der Waals surface area contributed by atoms with Crippen LogP contribution in [-0.2, 0) is 25.0 Å². The molecule has 3 rings (SSSR count). The average Bonchev–Trinajstić information content (AvgIpc) is 2.73. The second-order valence-electron chi connectivity index (χ2n) is 7.53. The van der Waals surface area contributed by atoms with Crippen molar-refractivity contribution in [1.29, 1.82) is 0 Å². The fourth-order valence-electron chi connectivity index (χ4n) is 3.58. The molecule has 0 aliphatic carbocycles. The van der Waals surface area contributed by atoms with Gasteiger partial charge < -0.3 is 15.3 Å². The number of carbonyl (C=O) groups excluding carboxylic acids is 2. The molecule has 2 N–H and O–H groups in total. The molecule has 2 heterocycles. The molecule has 0 saturated carbocycles. The first-order chi connectivity index (χ1) is 14.6. The summed E-state index contributed by atoms with van der Waals surface area (Å²) in [6, 6.07) is 8.76. The van der Waals surface area contributed by atoms with E-state index in [0.717, 1.165) is 0 Å². The predicted molar refractivity (Wildman–Crippen MR) is 111 cm³/mol. The van der Waals surface area contributed by atoms with Crippen molar-refractivity contribution >= 4 is 27.3 Å². The van der Waals surface area contributed by atoms with Gasteiger partial charge in [-0.15, -0.1) is 0 Å². The van der Waals surface area contributed by atoms with Crippen molar-refractivity contribution in [2.24, 2.45) is 0 Å². The van der Waals surface area contributed by atoms with Gasteiger partial charge in [0.25, 0.3) is 0 Å². The number of nitrogens with one attached hydrogen (secondary N) is 1. The van der Waals surface area contributed by atoms with Crippen LogP contribution in [0.1, 0.15) is 31.7 Å². The molecule has 1 saturated heterocycles. The number of halogens is 1. The molecular formula is C21H24FN3O5S. The smallest absolute Gasteiger partial charge is 0.223 e. The Morgan fingerprint density at radius 1 is 1.19 bits per heavy atom. The zero-order valence-corrected chi connectivity index (χ0v) is 17.9. The van der Waals surface area contributed by atoms with E-state index in [1.54, 1.807) is 6.07 Å². The Balaban J connectivity index is 1.56. The monoisotopic (exact) mass is 449 g/mol. The fourth-order valence-corrected chi connectivity index (χ4v) is 4.80. The molecule has 0 bridgehead atoms. The van der Waals surface area contributed by atoms with Crippen molar-refractivity contribution in [2.45, 2.75) is 36.7 Å². The average molecular weight is 450 g/mol. The van der Waals surface area contributed by atoms with Gasteiger partial charge in [0.05, 0.1) is 16.2 Å². The summed E-state index contributed by atoms with van der Waals surface area (Å²) in [6.45, 7) is 1.73. The highest BCUT2D eigenvalue weighted by molar-refractivity contribution is 7.91. The second-order valence-corrected chi connectivity index (χ2v) is 9.64. The lowest BCUT2D eigenvalue weighted by Crippen LogP contribution is -2.45. The highest BCUT2D eigenvalue weighted by Gasteiger charge is 2.37. The van der Waals surface area contributed by atoms with Gasteiger partial charge in [-0.3, -0.25) is 9.59 Å². The number of benzene rings is 1. The van der Waals surface area contributed by atoms with Gasteiger partial charge in [0, 0.05) is 43.9 Å². The molecule has 2 aromatic rings. The first-order valence-corrected chi connectivity index (χ1v) is 11.5. The lowest BCUT2D eigenvalue weighted by atomic mass is 9.85. The van der Waals surface area contributed by atoms with Gasteiger partial charge in [-0.05, 0) is 43.2 Å². The largest absolute Gasteiger partial charge is 0.385 e. The molecule has 1 aromatic carbocycles. The minimum Gasteiger partial charge on any atom is -0.385 e. The Bertz CT molecular complexity index is 1060. The molecule has 0 spiro atoms. The van der Waals surface area contributed by atoms with E-state index in [4.69, 9.17) is 0 Å². The summed E-state index contributed by atoms with van der Waals surface area (Å²) in [4.78, 5) is 28.7. The van der Waals surface area contributed by atoms with Crippen molar-refractivity contribution in [3.63, 3.8) is 0 Å². The van der Waals surface area contributed by atoms with Crippen LogP contribution < -0.4 is 5.32 Å². The zero-order valence-electron chi connectivity index (χ0n) is 17.0. The molecule has 8 nitrogen and oxygen atoms in total. The SMILES string of the molecule is CC(=O)Nc1ccc(S(=O)(=O)CCC(=O)N2CCC(O)(c3cccnc3F)CC2)cc1. The number of aliphatic hydroxyl groups is 1. The van der Waals surface area contributed by atoms with E-state index in [0.29, 0.717) is 5.69 Å². The number of likely N-dealkylation sites (tertiary alicyclic amines) is 1. The summed E-state index contributed by atoms with van der Waals surface area (Å²) in [5.41, 5.74) is -0.822. The summed E-state index contributed by atoms with van der Waals surface area (Å²) in [5, 5.41) is 13.3. The molecule has 1 aliphatic heterocycles. The number of aromatic nitrogens is 1. The van der Waals surface area contributed by atoms with Crippen LogP contribution in [0.5, 0.6) is 0 Å². The molecular weight excluding hydrogens is 425 g/mol. The number of pyridine rings is 1. The quantitative estimate of drug-likeness (QED) is 0.650. The maximum absolute atomic E-state index is 13.9. The van der Waals surface area contributed by atoms with Crippen LogP contribution in [0.25, 0.3) is 0 Å². The summed E-state index contributed by atoms with van der Waals surface area (Å²) in [7, 11) is -3.68. The lowest BCUT2D eigenvalue weighted by Gasteiger charge is -2.38. The van der Waals surface area contributed by atoms with E-state index in [9.17, 15) is 27.5 Å². The number of piperidine rings is 1. The Morgan fingerprint density at radius 2 is 1.84 bits per heavy atom. The van der Waals surface area contributed by atoms with Crippen LogP contribution in [0.2, 0.25) is 0 Å². The molecule has 0 atom stereocenters. The number of anilines is 1. The van der Waals surface area contributed by atoms with E-state index in [2.05, 4.69) is 10.3 Å². The van der Waals surface area contributed by atoms with Crippen molar-refractivity contribution in [1.82, 2.24) is 9.88 Å². The molecule has 0 radical (unpaired) electrons. The van der Waals surface area contributed by atoms with Gasteiger partial charge in [-0.1, -0.05) is 6.07 Å². The number of amides is 2. The van der Waals surface area contributed by atoms with Crippen molar-refractivity contribution in [3.05, 3.63) is 54.1 Å². The Labute approximate surface area is 180 Å². The van der Waals surface area contributed by atoms with Gasteiger partial charge in [0.1, 0.15) is 0 Å². The van der Waals surface area contributed by atoms with Gasteiger partial charge in [-0.25, -0.2) is 13.4 Å². The second kappa shape index (κ2) is 9.11. The number of hydrogen-bond donors (Lipinski definition) is 2. The maximum atomic E-state index is 13.9. The molecule has 1 fully saturated rings. The van der Waals surface area contributed by atoms with E-state index < -0.39 is 21.4 Å². The first kappa shape index (κ1) is 22.8. The summed E-state index contributed by atoms with van der Waals surface area (Å²) in [6.07, 6.45) is 1.38. The van der Waals surface area contributed by atoms with Gasteiger partial charge in [0.2, 0.25) is 17.8 Å². The highest BCUT2D eigenvalue weighted by atomic mass is 32.2. The fraction of sp³-hybridized carbons (Fsp3) is 0.381. The normalized spacial score (nSPS) is 16.0. The third-order valence-corrected chi connectivity index (χ3v) is 7.05. The maximum Gasteiger partial charge on any atom is 0.223 e. The molecule has 0 unspecified atom stereocenters. The third-order valence-electron chi connectivity index (χ3n) is 5.32. The molecule has 10 heteroatoms. The standard InChI is InChI=1S/C21H24FN3O5S/c1-15(26)24-16-4-6-17(7-5-16)31(29,30)14-8-19(27)25-12-9-21(28,10-13-25)18-3-2-11-23-20(18)22/h2-7,11,28H,8-10,12-14H2,1H3,(H,24,26). The minimum atomic E-state index is -3.68. The molecule has 2 amide bonds. The molecule has 1 aromatic heterocycles.